The molecule has 0 aromatic carbocycles. The van der Waals surface area contributed by atoms with Crippen LogP contribution in [0.15, 0.2) is 12.1 Å². The summed E-state index contributed by atoms with van der Waals surface area (Å²) in [6.45, 7) is 6.74. The van der Waals surface area contributed by atoms with Crippen LogP contribution < -0.4 is 16.0 Å². The number of rotatable bonds is 2. The topological polar surface area (TPSA) is 71.2 Å². The Morgan fingerprint density at radius 2 is 2.35 bits per heavy atom. The first-order valence-electron chi connectivity index (χ1n) is 5.83. The van der Waals surface area contributed by atoms with E-state index in [9.17, 15) is 4.79 Å². The van der Waals surface area contributed by atoms with Crippen LogP contribution in [0.5, 0.6) is 0 Å². The van der Waals surface area contributed by atoms with Crippen LogP contribution in [0, 0.1) is 6.92 Å². The van der Waals surface area contributed by atoms with Crippen LogP contribution in [-0.2, 0) is 0 Å². The molecule has 3 N–H and O–H groups in total. The van der Waals surface area contributed by atoms with Crippen molar-refractivity contribution in [3.05, 3.63) is 23.4 Å². The fourth-order valence-corrected chi connectivity index (χ4v) is 2.10. The average Bonchev–Trinajstić information content (AvgIpc) is 2.28. The maximum Gasteiger partial charge on any atom is 0.248 e. The highest BCUT2D eigenvalue weighted by Gasteiger charge is 2.18. The number of carbonyl (C=O) groups is 1. The molecule has 1 aliphatic heterocycles. The third-order valence-corrected chi connectivity index (χ3v) is 2.92. The maximum atomic E-state index is 11.2. The van der Waals surface area contributed by atoms with Crippen molar-refractivity contribution in [1.82, 2.24) is 10.3 Å². The van der Waals surface area contributed by atoms with E-state index in [1.54, 1.807) is 12.1 Å². The number of nitrogens with one attached hydrogen (secondary N) is 1. The fourth-order valence-electron chi connectivity index (χ4n) is 2.10. The van der Waals surface area contributed by atoms with E-state index in [0.717, 1.165) is 31.1 Å². The van der Waals surface area contributed by atoms with Gasteiger partial charge in [-0.2, -0.15) is 0 Å². The minimum Gasteiger partial charge on any atom is -0.366 e. The molecule has 5 heteroatoms. The number of aryl methyl sites for hydroxylation is 1. The monoisotopic (exact) mass is 234 g/mol. The number of hydrogen-bond donors (Lipinski definition) is 2. The van der Waals surface area contributed by atoms with Gasteiger partial charge >= 0.3 is 0 Å². The number of primary amides is 1. The Morgan fingerprint density at radius 3 is 3.00 bits per heavy atom. The van der Waals surface area contributed by atoms with Crippen molar-refractivity contribution in [3.8, 4) is 0 Å². The molecule has 1 aromatic heterocycles. The van der Waals surface area contributed by atoms with Gasteiger partial charge in [0.25, 0.3) is 0 Å². The molecule has 0 unspecified atom stereocenters. The molecule has 0 bridgehead atoms. The second-order valence-electron chi connectivity index (χ2n) is 4.52. The Labute approximate surface area is 101 Å². The molecule has 0 spiro atoms. The van der Waals surface area contributed by atoms with Crippen LogP contribution >= 0.6 is 0 Å². The predicted molar refractivity (Wildman–Crippen MR) is 67.2 cm³/mol. The van der Waals surface area contributed by atoms with Gasteiger partial charge < -0.3 is 16.0 Å². The minimum atomic E-state index is -0.403. The lowest BCUT2D eigenvalue weighted by atomic mass is 10.2. The maximum absolute atomic E-state index is 11.2. The third kappa shape index (κ3) is 2.74. The normalized spacial score (nSPS) is 20.4. The van der Waals surface area contributed by atoms with E-state index in [1.165, 1.54) is 0 Å². The summed E-state index contributed by atoms with van der Waals surface area (Å²) in [4.78, 5) is 17.9. The number of pyridine rings is 1. The van der Waals surface area contributed by atoms with Crippen LogP contribution in [-0.4, -0.2) is 36.6 Å². The van der Waals surface area contributed by atoms with Crippen molar-refractivity contribution in [1.29, 1.82) is 0 Å². The van der Waals surface area contributed by atoms with E-state index in [-0.39, 0.29) is 0 Å². The highest BCUT2D eigenvalue weighted by atomic mass is 16.1. The van der Waals surface area contributed by atoms with Crippen molar-refractivity contribution < 1.29 is 4.79 Å². The summed E-state index contributed by atoms with van der Waals surface area (Å²) in [5, 5.41) is 3.37. The summed E-state index contributed by atoms with van der Waals surface area (Å²) in [5.74, 6) is 0.437. The molecule has 0 aliphatic carbocycles. The van der Waals surface area contributed by atoms with Crippen LogP contribution in [0.1, 0.15) is 23.0 Å². The molecule has 5 nitrogen and oxygen atoms in total. The highest BCUT2D eigenvalue weighted by Crippen LogP contribution is 2.16. The standard InChI is InChI=1S/C12H18N4O/c1-8-5-10(12(13)17)6-11(15-8)16-4-3-14-9(2)7-16/h5-6,9,14H,3-4,7H2,1-2H3,(H2,13,17)/t9-/m1/s1. The molecule has 2 rings (SSSR count). The van der Waals surface area contributed by atoms with Crippen molar-refractivity contribution >= 4 is 11.7 Å². The van der Waals surface area contributed by atoms with E-state index in [0.29, 0.717) is 11.6 Å². The number of piperazine rings is 1. The molecule has 1 aliphatic rings. The number of carbonyl (C=O) groups excluding carboxylic acids is 1. The number of hydrogen-bond acceptors (Lipinski definition) is 4. The Balaban J connectivity index is 2.28. The summed E-state index contributed by atoms with van der Waals surface area (Å²) in [6.07, 6.45) is 0. The first-order chi connectivity index (χ1) is 8.06. The molecule has 1 amide bonds. The van der Waals surface area contributed by atoms with Crippen LogP contribution in [0.25, 0.3) is 0 Å². The second kappa shape index (κ2) is 4.71. The molecule has 1 fully saturated rings. The first-order valence-corrected chi connectivity index (χ1v) is 5.83. The van der Waals surface area contributed by atoms with Gasteiger partial charge in [-0.15, -0.1) is 0 Å². The van der Waals surface area contributed by atoms with E-state index in [1.807, 2.05) is 6.92 Å². The Morgan fingerprint density at radius 1 is 1.59 bits per heavy atom. The number of nitrogens with zero attached hydrogens (tertiary/aromatic N) is 2. The van der Waals surface area contributed by atoms with Gasteiger partial charge in [0.05, 0.1) is 0 Å². The van der Waals surface area contributed by atoms with E-state index < -0.39 is 5.91 Å². The largest absolute Gasteiger partial charge is 0.366 e. The summed E-state index contributed by atoms with van der Waals surface area (Å²) >= 11 is 0. The van der Waals surface area contributed by atoms with Crippen LogP contribution in [0.3, 0.4) is 0 Å². The van der Waals surface area contributed by atoms with Crippen molar-refractivity contribution in [2.24, 2.45) is 5.73 Å². The quantitative estimate of drug-likeness (QED) is 0.771. The first kappa shape index (κ1) is 11.9. The smallest absolute Gasteiger partial charge is 0.248 e. The molecule has 0 saturated carbocycles. The number of aromatic nitrogens is 1. The van der Waals surface area contributed by atoms with Gasteiger partial charge in [0.15, 0.2) is 0 Å². The van der Waals surface area contributed by atoms with Crippen molar-refractivity contribution in [2.45, 2.75) is 19.9 Å². The lowest BCUT2D eigenvalue weighted by Crippen LogP contribution is -2.49. The van der Waals surface area contributed by atoms with Crippen LogP contribution in [0.4, 0.5) is 5.82 Å². The summed E-state index contributed by atoms with van der Waals surface area (Å²) in [5.41, 5.74) is 6.66. The van der Waals surface area contributed by atoms with E-state index in [4.69, 9.17) is 5.73 Å². The molecular weight excluding hydrogens is 216 g/mol. The fraction of sp³-hybridized carbons (Fsp3) is 0.500. The van der Waals surface area contributed by atoms with E-state index in [2.05, 4.69) is 22.1 Å². The Hall–Kier alpha value is -1.62. The average molecular weight is 234 g/mol. The van der Waals surface area contributed by atoms with Gasteiger partial charge in [0, 0.05) is 36.9 Å². The number of nitrogens with two attached hydrogens (primary N) is 1. The summed E-state index contributed by atoms with van der Waals surface area (Å²) in [7, 11) is 0. The Kier molecular flexibility index (Phi) is 3.28. The highest BCUT2D eigenvalue weighted by molar-refractivity contribution is 5.93. The SMILES string of the molecule is Cc1cc(C(N)=O)cc(N2CCN[C@H](C)C2)n1. The van der Waals surface area contributed by atoms with Gasteiger partial charge in [-0.3, -0.25) is 4.79 Å². The third-order valence-electron chi connectivity index (χ3n) is 2.92. The lowest BCUT2D eigenvalue weighted by Gasteiger charge is -2.33. The van der Waals surface area contributed by atoms with Gasteiger partial charge in [0.1, 0.15) is 5.82 Å². The molecular formula is C12H18N4O. The predicted octanol–water partition coefficient (Wildman–Crippen LogP) is 0.287. The number of anilines is 1. The Bertz CT molecular complexity index is 433. The lowest BCUT2D eigenvalue weighted by molar-refractivity contribution is 0.1000. The van der Waals surface area contributed by atoms with Gasteiger partial charge in [-0.05, 0) is 26.0 Å². The molecule has 2 heterocycles. The summed E-state index contributed by atoms with van der Waals surface area (Å²) in [6, 6.07) is 3.92. The molecule has 17 heavy (non-hydrogen) atoms. The molecule has 1 aromatic rings. The minimum absolute atomic E-state index is 0.403. The van der Waals surface area contributed by atoms with Crippen molar-refractivity contribution in [3.63, 3.8) is 0 Å². The van der Waals surface area contributed by atoms with Crippen molar-refractivity contribution in [2.75, 3.05) is 24.5 Å². The molecule has 1 atom stereocenters. The van der Waals surface area contributed by atoms with Gasteiger partial charge in [-0.25, -0.2) is 4.98 Å². The molecule has 92 valence electrons. The number of amides is 1. The summed E-state index contributed by atoms with van der Waals surface area (Å²) < 4.78 is 0. The second-order valence-corrected chi connectivity index (χ2v) is 4.52. The molecule has 1 saturated heterocycles. The zero-order chi connectivity index (χ0) is 12.4. The zero-order valence-electron chi connectivity index (χ0n) is 10.2. The van der Waals surface area contributed by atoms with Gasteiger partial charge in [-0.1, -0.05) is 0 Å². The zero-order valence-corrected chi connectivity index (χ0v) is 10.2. The van der Waals surface area contributed by atoms with E-state index >= 15 is 0 Å². The van der Waals surface area contributed by atoms with Gasteiger partial charge in [0.2, 0.25) is 5.91 Å². The molecule has 0 radical (unpaired) electrons. The van der Waals surface area contributed by atoms with Crippen LogP contribution in [0.2, 0.25) is 0 Å².